The molecule has 0 unspecified atom stereocenters. The Morgan fingerprint density at radius 1 is 0.314 bits per heavy atom. The topological polar surface area (TPSA) is 90.6 Å². The number of benzene rings is 6. The molecule has 0 aliphatic carbocycles. The number of hydrogen-bond acceptors (Lipinski definition) is 6. The Morgan fingerprint density at radius 3 is 1.20 bits per heavy atom. The van der Waals surface area contributed by atoms with E-state index in [9.17, 15) is 9.59 Å². The molecule has 3 aromatic heterocycles. The van der Waals surface area contributed by atoms with Crippen molar-refractivity contribution in [3.05, 3.63) is 188 Å². The van der Waals surface area contributed by atoms with Crippen molar-refractivity contribution in [3.63, 3.8) is 0 Å². The van der Waals surface area contributed by atoms with E-state index in [1.807, 2.05) is 91.0 Å². The molecule has 0 radical (unpaired) electrons. The largest absolute Gasteiger partial charge is 0.455 e. The highest BCUT2D eigenvalue weighted by molar-refractivity contribution is 6.02. The SMILES string of the molecule is O=c1c(-c2ccccc2)c(-c2oc3cccc(-c4oc5ccccc5c(=O)c4-c4ccccc4)c3c(=O)c2-c2ccccc2)oc2ccccc12. The Hall–Kier alpha value is -7.05. The van der Waals surface area contributed by atoms with Crippen molar-refractivity contribution in [1.82, 2.24) is 0 Å². The second-order valence-electron chi connectivity index (χ2n) is 12.2. The van der Waals surface area contributed by atoms with Crippen LogP contribution in [0.1, 0.15) is 0 Å². The molecule has 6 nitrogen and oxygen atoms in total. The predicted octanol–water partition coefficient (Wildman–Crippen LogP) is 10.3. The fourth-order valence-electron chi connectivity index (χ4n) is 6.82. The molecule has 242 valence electrons. The van der Waals surface area contributed by atoms with Crippen LogP contribution in [0.2, 0.25) is 0 Å². The van der Waals surface area contributed by atoms with Crippen LogP contribution in [-0.4, -0.2) is 0 Å². The first-order chi connectivity index (χ1) is 25.1. The zero-order valence-corrected chi connectivity index (χ0v) is 27.0. The molecule has 51 heavy (non-hydrogen) atoms. The maximum absolute atomic E-state index is 15.2. The minimum atomic E-state index is -0.377. The van der Waals surface area contributed by atoms with Gasteiger partial charge in [-0.1, -0.05) is 127 Å². The molecule has 0 aliphatic rings. The van der Waals surface area contributed by atoms with Gasteiger partial charge in [0.1, 0.15) is 22.5 Å². The van der Waals surface area contributed by atoms with Crippen molar-refractivity contribution >= 4 is 32.9 Å². The quantitative estimate of drug-likeness (QED) is 0.182. The van der Waals surface area contributed by atoms with Gasteiger partial charge in [-0.25, -0.2) is 0 Å². The van der Waals surface area contributed by atoms with Gasteiger partial charge in [-0.2, -0.15) is 0 Å². The van der Waals surface area contributed by atoms with Crippen LogP contribution in [-0.2, 0) is 0 Å². The standard InChI is InChI=1S/C45H26O6/c46-40-30-21-10-12-24-33(30)49-43(36(40)27-15-4-1-5-16-27)32-23-14-26-35-39(32)42(48)38(29-19-8-3-9-20-29)45(51-35)44-37(28-17-6-2-7-18-28)41(47)31-22-11-13-25-34(31)50-44/h1-26H. The summed E-state index contributed by atoms with van der Waals surface area (Å²) in [7, 11) is 0. The normalized spacial score (nSPS) is 11.4. The van der Waals surface area contributed by atoms with Crippen molar-refractivity contribution in [2.24, 2.45) is 0 Å². The van der Waals surface area contributed by atoms with Gasteiger partial charge in [0.25, 0.3) is 0 Å². The van der Waals surface area contributed by atoms with Gasteiger partial charge < -0.3 is 13.3 Å². The van der Waals surface area contributed by atoms with Crippen molar-refractivity contribution in [3.8, 4) is 56.2 Å². The zero-order chi connectivity index (χ0) is 34.5. The molecule has 9 rings (SSSR count). The highest BCUT2D eigenvalue weighted by Gasteiger charge is 2.28. The average molecular weight is 663 g/mol. The van der Waals surface area contributed by atoms with Crippen molar-refractivity contribution < 1.29 is 13.3 Å². The Kier molecular flexibility index (Phi) is 7.14. The fourth-order valence-corrected chi connectivity index (χ4v) is 6.82. The van der Waals surface area contributed by atoms with Gasteiger partial charge in [0.2, 0.25) is 16.3 Å². The summed E-state index contributed by atoms with van der Waals surface area (Å²) < 4.78 is 19.8. The van der Waals surface area contributed by atoms with Crippen molar-refractivity contribution in [2.75, 3.05) is 0 Å². The van der Waals surface area contributed by atoms with Gasteiger partial charge in [0.15, 0.2) is 11.5 Å². The molecule has 0 bridgehead atoms. The lowest BCUT2D eigenvalue weighted by Gasteiger charge is -2.16. The number of rotatable bonds is 5. The molecule has 0 atom stereocenters. The summed E-state index contributed by atoms with van der Waals surface area (Å²) >= 11 is 0. The molecule has 6 heteroatoms. The van der Waals surface area contributed by atoms with Gasteiger partial charge in [0.05, 0.1) is 32.8 Å². The Morgan fingerprint density at radius 2 is 0.686 bits per heavy atom. The van der Waals surface area contributed by atoms with E-state index >= 15 is 4.79 Å². The molecule has 0 saturated heterocycles. The Balaban J connectivity index is 1.43. The van der Waals surface area contributed by atoms with E-state index in [0.29, 0.717) is 49.8 Å². The molecule has 0 saturated carbocycles. The van der Waals surface area contributed by atoms with Gasteiger partial charge in [0, 0.05) is 5.56 Å². The second-order valence-corrected chi connectivity index (χ2v) is 12.2. The van der Waals surface area contributed by atoms with Gasteiger partial charge in [-0.3, -0.25) is 14.4 Å². The highest BCUT2D eigenvalue weighted by Crippen LogP contribution is 2.41. The van der Waals surface area contributed by atoms with Crippen LogP contribution >= 0.6 is 0 Å². The molecule has 9 aromatic rings. The third-order valence-electron chi connectivity index (χ3n) is 9.15. The summed E-state index contributed by atoms with van der Waals surface area (Å²) in [6.45, 7) is 0. The third-order valence-corrected chi connectivity index (χ3v) is 9.15. The van der Waals surface area contributed by atoms with Crippen LogP contribution in [0, 0.1) is 0 Å². The minimum Gasteiger partial charge on any atom is -0.455 e. The van der Waals surface area contributed by atoms with Crippen LogP contribution in [0.5, 0.6) is 0 Å². The highest BCUT2D eigenvalue weighted by atomic mass is 16.4. The van der Waals surface area contributed by atoms with Crippen LogP contribution in [0.3, 0.4) is 0 Å². The molecule has 0 fully saturated rings. The summed E-state index contributed by atoms with van der Waals surface area (Å²) in [6, 6.07) is 47.0. The lowest BCUT2D eigenvalue weighted by atomic mass is 9.93. The van der Waals surface area contributed by atoms with Crippen LogP contribution in [0.4, 0.5) is 0 Å². The van der Waals surface area contributed by atoms with E-state index < -0.39 is 0 Å². The van der Waals surface area contributed by atoms with Crippen molar-refractivity contribution in [2.45, 2.75) is 0 Å². The van der Waals surface area contributed by atoms with E-state index in [2.05, 4.69) is 0 Å². The third kappa shape index (κ3) is 4.92. The second kappa shape index (κ2) is 12.1. The van der Waals surface area contributed by atoms with Crippen LogP contribution in [0.15, 0.2) is 185 Å². The molecular formula is C45H26O6. The fraction of sp³-hybridized carbons (Fsp3) is 0. The van der Waals surface area contributed by atoms with Gasteiger partial charge in [-0.15, -0.1) is 0 Å². The zero-order valence-electron chi connectivity index (χ0n) is 27.0. The Labute approximate surface area is 290 Å². The summed E-state index contributed by atoms with van der Waals surface area (Å²) in [6.07, 6.45) is 0. The minimum absolute atomic E-state index is 0.112. The number of hydrogen-bond donors (Lipinski definition) is 0. The molecule has 6 aromatic carbocycles. The van der Waals surface area contributed by atoms with Crippen LogP contribution in [0.25, 0.3) is 89.1 Å². The first kappa shape index (κ1) is 30.0. The maximum atomic E-state index is 15.2. The lowest BCUT2D eigenvalue weighted by Crippen LogP contribution is -2.13. The van der Waals surface area contributed by atoms with E-state index in [0.717, 1.165) is 0 Å². The van der Waals surface area contributed by atoms with E-state index in [-0.39, 0.29) is 55.7 Å². The molecule has 3 heterocycles. The van der Waals surface area contributed by atoms with E-state index in [4.69, 9.17) is 13.3 Å². The summed E-state index contributed by atoms with van der Waals surface area (Å²) in [4.78, 5) is 43.6. The average Bonchev–Trinajstić information content (AvgIpc) is 3.18. The van der Waals surface area contributed by atoms with Gasteiger partial charge in [-0.05, 0) is 47.0 Å². The molecule has 0 N–H and O–H groups in total. The summed E-state index contributed by atoms with van der Waals surface area (Å²) in [5.74, 6) is 0.493. The first-order valence-corrected chi connectivity index (χ1v) is 16.5. The molecular weight excluding hydrogens is 636 g/mol. The number of fused-ring (bicyclic) bond motifs is 3. The van der Waals surface area contributed by atoms with Crippen LogP contribution < -0.4 is 16.3 Å². The summed E-state index contributed by atoms with van der Waals surface area (Å²) in [5.41, 5.74) is 3.18. The summed E-state index contributed by atoms with van der Waals surface area (Å²) in [5, 5.41) is 1.06. The smallest absolute Gasteiger partial charge is 0.202 e. The predicted molar refractivity (Wildman–Crippen MR) is 202 cm³/mol. The lowest BCUT2D eigenvalue weighted by molar-refractivity contribution is 0.557. The van der Waals surface area contributed by atoms with E-state index in [1.54, 1.807) is 66.7 Å². The first-order valence-electron chi connectivity index (χ1n) is 16.5. The molecule has 0 aliphatic heterocycles. The number of para-hydroxylation sites is 2. The monoisotopic (exact) mass is 662 g/mol. The van der Waals surface area contributed by atoms with E-state index in [1.165, 1.54) is 0 Å². The molecule has 0 spiro atoms. The maximum Gasteiger partial charge on any atom is 0.202 e. The molecule has 0 amide bonds. The van der Waals surface area contributed by atoms with Gasteiger partial charge >= 0.3 is 0 Å². The Bertz CT molecular complexity index is 2960. The van der Waals surface area contributed by atoms with Crippen molar-refractivity contribution in [1.29, 1.82) is 0 Å².